The van der Waals surface area contributed by atoms with E-state index in [1.54, 1.807) is 0 Å². The first kappa shape index (κ1) is 13.1. The van der Waals surface area contributed by atoms with Crippen LogP contribution in [0, 0.1) is 0 Å². The molecule has 1 aliphatic rings. The van der Waals surface area contributed by atoms with Crippen molar-refractivity contribution in [2.45, 2.75) is 45.4 Å². The van der Waals surface area contributed by atoms with Gasteiger partial charge in [0.2, 0.25) is 0 Å². The number of ether oxygens (including phenoxy) is 1. The molecule has 0 saturated heterocycles. The van der Waals surface area contributed by atoms with Gasteiger partial charge in [-0.3, -0.25) is 0 Å². The van der Waals surface area contributed by atoms with Gasteiger partial charge in [-0.05, 0) is 18.9 Å². The van der Waals surface area contributed by atoms with Crippen molar-refractivity contribution < 1.29 is 9.26 Å². The Hall–Kier alpha value is -1.88. The second kappa shape index (κ2) is 6.05. The minimum atomic E-state index is 0.313. The van der Waals surface area contributed by atoms with Crippen LogP contribution >= 0.6 is 0 Å². The van der Waals surface area contributed by atoms with Gasteiger partial charge in [0.15, 0.2) is 12.4 Å². The molecule has 2 aromatic rings. The van der Waals surface area contributed by atoms with E-state index < -0.39 is 0 Å². The third-order valence-corrected chi connectivity index (χ3v) is 3.31. The van der Waals surface area contributed by atoms with E-state index >= 15 is 0 Å². The largest absolute Gasteiger partial charge is 0.483 e. The standard InChI is InChI=1S/C15H19N3O2/c1-2-14-17-15(20-18-14)10-19-13-6-4-3-5-11(13)9-16-12-7-8-12/h3-6,12,16H,2,7-10H2,1H3. The van der Waals surface area contributed by atoms with E-state index in [2.05, 4.69) is 21.5 Å². The average molecular weight is 273 g/mol. The van der Waals surface area contributed by atoms with Crippen LogP contribution in [0.1, 0.15) is 37.0 Å². The maximum atomic E-state index is 5.80. The molecule has 1 aliphatic carbocycles. The van der Waals surface area contributed by atoms with Crippen LogP contribution in [0.4, 0.5) is 0 Å². The zero-order valence-electron chi connectivity index (χ0n) is 11.6. The minimum Gasteiger partial charge on any atom is -0.483 e. The summed E-state index contributed by atoms with van der Waals surface area (Å²) in [5, 5.41) is 7.35. The highest BCUT2D eigenvalue weighted by molar-refractivity contribution is 5.33. The summed E-state index contributed by atoms with van der Waals surface area (Å²) in [5.74, 6) is 2.11. The maximum Gasteiger partial charge on any atom is 0.264 e. The fourth-order valence-electron chi connectivity index (χ4n) is 1.96. The number of rotatable bonds is 7. The first-order chi connectivity index (χ1) is 9.85. The average Bonchev–Trinajstić information content (AvgIpc) is 3.20. The highest BCUT2D eigenvalue weighted by atomic mass is 16.5. The van der Waals surface area contributed by atoms with E-state index in [1.165, 1.54) is 12.8 Å². The maximum absolute atomic E-state index is 5.80. The molecule has 0 atom stereocenters. The number of nitrogens with zero attached hydrogens (tertiary/aromatic N) is 2. The molecule has 1 heterocycles. The Morgan fingerprint density at radius 1 is 1.35 bits per heavy atom. The molecule has 5 heteroatoms. The molecule has 3 rings (SSSR count). The minimum absolute atomic E-state index is 0.313. The molecule has 0 unspecified atom stereocenters. The molecule has 1 saturated carbocycles. The third-order valence-electron chi connectivity index (χ3n) is 3.31. The zero-order valence-corrected chi connectivity index (χ0v) is 11.6. The number of para-hydroxylation sites is 1. The van der Waals surface area contributed by atoms with Crippen LogP contribution in [0.2, 0.25) is 0 Å². The summed E-state index contributed by atoms with van der Waals surface area (Å²) in [7, 11) is 0. The highest BCUT2D eigenvalue weighted by Gasteiger charge is 2.20. The van der Waals surface area contributed by atoms with Gasteiger partial charge in [0, 0.05) is 24.6 Å². The summed E-state index contributed by atoms with van der Waals surface area (Å²) >= 11 is 0. The molecule has 1 fully saturated rings. The summed E-state index contributed by atoms with van der Waals surface area (Å²) < 4.78 is 10.9. The van der Waals surface area contributed by atoms with Crippen molar-refractivity contribution in [1.82, 2.24) is 15.5 Å². The second-order valence-corrected chi connectivity index (χ2v) is 5.01. The van der Waals surface area contributed by atoms with Crippen LogP contribution in [-0.2, 0) is 19.6 Å². The number of hydrogen-bond donors (Lipinski definition) is 1. The number of hydrogen-bond acceptors (Lipinski definition) is 5. The van der Waals surface area contributed by atoms with Gasteiger partial charge in [-0.15, -0.1) is 0 Å². The first-order valence-electron chi connectivity index (χ1n) is 7.10. The Kier molecular flexibility index (Phi) is 3.97. The third kappa shape index (κ3) is 3.36. The predicted molar refractivity (Wildman–Crippen MR) is 74.3 cm³/mol. The van der Waals surface area contributed by atoms with Crippen LogP contribution in [0.3, 0.4) is 0 Å². The van der Waals surface area contributed by atoms with Crippen molar-refractivity contribution in [3.8, 4) is 5.75 Å². The van der Waals surface area contributed by atoms with E-state index in [9.17, 15) is 0 Å². The van der Waals surface area contributed by atoms with E-state index in [-0.39, 0.29) is 0 Å². The number of benzene rings is 1. The van der Waals surface area contributed by atoms with Crippen LogP contribution in [-0.4, -0.2) is 16.2 Å². The van der Waals surface area contributed by atoms with E-state index in [0.717, 1.165) is 24.3 Å². The summed E-state index contributed by atoms with van der Waals surface area (Å²) in [6.07, 6.45) is 3.33. The Labute approximate surface area is 118 Å². The number of aryl methyl sites for hydroxylation is 1. The number of aromatic nitrogens is 2. The van der Waals surface area contributed by atoms with Gasteiger partial charge in [0.05, 0.1) is 0 Å². The van der Waals surface area contributed by atoms with Crippen molar-refractivity contribution in [1.29, 1.82) is 0 Å². The molecule has 1 aromatic heterocycles. The Bertz CT molecular complexity index is 564. The molecular formula is C15H19N3O2. The molecule has 1 N–H and O–H groups in total. The topological polar surface area (TPSA) is 60.2 Å². The summed E-state index contributed by atoms with van der Waals surface area (Å²) in [6, 6.07) is 8.74. The van der Waals surface area contributed by atoms with Gasteiger partial charge >= 0.3 is 0 Å². The fourth-order valence-corrected chi connectivity index (χ4v) is 1.96. The quantitative estimate of drug-likeness (QED) is 0.839. The first-order valence-corrected chi connectivity index (χ1v) is 7.10. The van der Waals surface area contributed by atoms with Crippen molar-refractivity contribution in [3.05, 3.63) is 41.5 Å². The van der Waals surface area contributed by atoms with Gasteiger partial charge in [0.25, 0.3) is 5.89 Å². The highest BCUT2D eigenvalue weighted by Crippen LogP contribution is 2.23. The molecule has 20 heavy (non-hydrogen) atoms. The van der Waals surface area contributed by atoms with Gasteiger partial charge in [-0.25, -0.2) is 0 Å². The van der Waals surface area contributed by atoms with Crippen molar-refractivity contribution >= 4 is 0 Å². The monoisotopic (exact) mass is 273 g/mol. The molecule has 5 nitrogen and oxygen atoms in total. The number of nitrogens with one attached hydrogen (secondary N) is 1. The lowest BCUT2D eigenvalue weighted by atomic mass is 10.2. The lowest BCUT2D eigenvalue weighted by molar-refractivity contribution is 0.240. The molecular weight excluding hydrogens is 254 g/mol. The smallest absolute Gasteiger partial charge is 0.264 e. The van der Waals surface area contributed by atoms with Gasteiger partial charge < -0.3 is 14.6 Å². The van der Waals surface area contributed by atoms with Crippen LogP contribution in [0.25, 0.3) is 0 Å². The van der Waals surface area contributed by atoms with Crippen molar-refractivity contribution in [2.24, 2.45) is 0 Å². The summed E-state index contributed by atoms with van der Waals surface area (Å²) in [5.41, 5.74) is 1.16. The Balaban J connectivity index is 1.60. The lowest BCUT2D eigenvalue weighted by Gasteiger charge is -2.10. The van der Waals surface area contributed by atoms with Gasteiger partial charge in [-0.2, -0.15) is 4.98 Å². The SMILES string of the molecule is CCc1noc(COc2ccccc2CNC2CC2)n1. The molecule has 0 bridgehead atoms. The Morgan fingerprint density at radius 3 is 2.95 bits per heavy atom. The van der Waals surface area contributed by atoms with E-state index in [4.69, 9.17) is 9.26 Å². The second-order valence-electron chi connectivity index (χ2n) is 5.01. The zero-order chi connectivity index (χ0) is 13.8. The lowest BCUT2D eigenvalue weighted by Crippen LogP contribution is -2.16. The van der Waals surface area contributed by atoms with Crippen LogP contribution in [0.15, 0.2) is 28.8 Å². The molecule has 106 valence electrons. The molecule has 0 aliphatic heterocycles. The molecule has 0 spiro atoms. The van der Waals surface area contributed by atoms with Gasteiger partial charge in [0.1, 0.15) is 5.75 Å². The molecule has 0 radical (unpaired) electrons. The Morgan fingerprint density at radius 2 is 2.20 bits per heavy atom. The van der Waals surface area contributed by atoms with E-state index in [0.29, 0.717) is 24.4 Å². The van der Waals surface area contributed by atoms with Crippen molar-refractivity contribution in [2.75, 3.05) is 0 Å². The normalized spacial score (nSPS) is 14.4. The summed E-state index contributed by atoms with van der Waals surface area (Å²) in [6.45, 7) is 3.15. The summed E-state index contributed by atoms with van der Waals surface area (Å²) in [4.78, 5) is 4.24. The molecule has 1 aromatic carbocycles. The van der Waals surface area contributed by atoms with Crippen molar-refractivity contribution in [3.63, 3.8) is 0 Å². The van der Waals surface area contributed by atoms with Gasteiger partial charge in [-0.1, -0.05) is 30.3 Å². The van der Waals surface area contributed by atoms with Crippen LogP contribution in [0.5, 0.6) is 5.75 Å². The van der Waals surface area contributed by atoms with Crippen LogP contribution < -0.4 is 10.1 Å². The predicted octanol–water partition coefficient (Wildman–Crippen LogP) is 2.46. The van der Waals surface area contributed by atoms with E-state index in [1.807, 2.05) is 25.1 Å². The molecule has 0 amide bonds. The fraction of sp³-hybridized carbons (Fsp3) is 0.467.